The summed E-state index contributed by atoms with van der Waals surface area (Å²) in [4.78, 5) is 12.2. The molecule has 0 amide bonds. The van der Waals surface area contributed by atoms with Crippen molar-refractivity contribution < 1.29 is 9.53 Å². The van der Waals surface area contributed by atoms with Crippen LogP contribution < -0.4 is 0 Å². The third-order valence-electron chi connectivity index (χ3n) is 2.76. The van der Waals surface area contributed by atoms with Crippen LogP contribution in [0.5, 0.6) is 0 Å². The zero-order valence-corrected chi connectivity index (χ0v) is 10.0. The summed E-state index contributed by atoms with van der Waals surface area (Å²) in [6.07, 6.45) is 1.91. The first-order valence-corrected chi connectivity index (χ1v) is 6.01. The Morgan fingerprint density at radius 1 is 1.56 bits per heavy atom. The average molecular weight is 239 g/mol. The highest BCUT2D eigenvalue weighted by atomic mass is 35.5. The SMILES string of the molecule is CCOC(C(=O)c1cccc(Cl)c1)C1CC1. The fourth-order valence-corrected chi connectivity index (χ4v) is 2.00. The number of hydrogen-bond acceptors (Lipinski definition) is 2. The van der Waals surface area contributed by atoms with Gasteiger partial charge in [-0.05, 0) is 37.8 Å². The van der Waals surface area contributed by atoms with Gasteiger partial charge in [0.2, 0.25) is 0 Å². The van der Waals surface area contributed by atoms with Crippen LogP contribution >= 0.6 is 11.6 Å². The minimum atomic E-state index is -0.275. The molecule has 0 spiro atoms. The summed E-state index contributed by atoms with van der Waals surface area (Å²) in [5.41, 5.74) is 0.651. The minimum absolute atomic E-state index is 0.0619. The quantitative estimate of drug-likeness (QED) is 0.736. The first-order chi connectivity index (χ1) is 7.72. The molecule has 1 aromatic rings. The van der Waals surface area contributed by atoms with Crippen molar-refractivity contribution in [2.75, 3.05) is 6.61 Å². The number of halogens is 1. The molecule has 1 aliphatic carbocycles. The first-order valence-electron chi connectivity index (χ1n) is 5.63. The average Bonchev–Trinajstić information content (AvgIpc) is 3.09. The molecule has 0 radical (unpaired) electrons. The number of ketones is 1. The van der Waals surface area contributed by atoms with Crippen molar-refractivity contribution in [1.82, 2.24) is 0 Å². The van der Waals surface area contributed by atoms with E-state index in [1.807, 2.05) is 6.92 Å². The molecule has 2 rings (SSSR count). The minimum Gasteiger partial charge on any atom is -0.370 e. The lowest BCUT2D eigenvalue weighted by Gasteiger charge is -2.15. The van der Waals surface area contributed by atoms with Gasteiger partial charge >= 0.3 is 0 Å². The van der Waals surface area contributed by atoms with Gasteiger partial charge in [-0.15, -0.1) is 0 Å². The Labute approximate surface area is 101 Å². The number of carbonyl (C=O) groups is 1. The highest BCUT2D eigenvalue weighted by molar-refractivity contribution is 6.31. The molecule has 0 heterocycles. The fourth-order valence-electron chi connectivity index (χ4n) is 1.81. The van der Waals surface area contributed by atoms with Crippen LogP contribution in [0.25, 0.3) is 0 Å². The van der Waals surface area contributed by atoms with E-state index in [-0.39, 0.29) is 11.9 Å². The zero-order valence-electron chi connectivity index (χ0n) is 9.28. The van der Waals surface area contributed by atoms with E-state index >= 15 is 0 Å². The molecule has 1 atom stereocenters. The second-order valence-corrected chi connectivity index (χ2v) is 4.52. The molecule has 1 unspecified atom stereocenters. The lowest BCUT2D eigenvalue weighted by molar-refractivity contribution is 0.0374. The van der Waals surface area contributed by atoms with E-state index in [2.05, 4.69) is 0 Å². The molecule has 1 aliphatic rings. The Hall–Kier alpha value is -0.860. The molecular formula is C13H15ClO2. The summed E-state index contributed by atoms with van der Waals surface area (Å²) in [6.45, 7) is 2.49. The van der Waals surface area contributed by atoms with Crippen LogP contribution in [-0.4, -0.2) is 18.5 Å². The molecule has 0 bridgehead atoms. The molecule has 1 fully saturated rings. The molecular weight excluding hydrogens is 224 g/mol. The molecule has 1 aromatic carbocycles. The van der Waals surface area contributed by atoms with E-state index < -0.39 is 0 Å². The molecule has 3 heteroatoms. The van der Waals surface area contributed by atoms with Crippen molar-refractivity contribution >= 4 is 17.4 Å². The molecule has 86 valence electrons. The van der Waals surface area contributed by atoms with E-state index in [0.717, 1.165) is 12.8 Å². The number of benzene rings is 1. The maximum Gasteiger partial charge on any atom is 0.191 e. The van der Waals surface area contributed by atoms with Gasteiger partial charge < -0.3 is 4.74 Å². The summed E-state index contributed by atoms with van der Waals surface area (Å²) in [7, 11) is 0. The van der Waals surface area contributed by atoms with Gasteiger partial charge in [0.15, 0.2) is 5.78 Å². The molecule has 2 nitrogen and oxygen atoms in total. The van der Waals surface area contributed by atoms with E-state index in [1.54, 1.807) is 24.3 Å². The predicted octanol–water partition coefficient (Wildman–Crippen LogP) is 3.34. The summed E-state index contributed by atoms with van der Waals surface area (Å²) in [6, 6.07) is 7.07. The van der Waals surface area contributed by atoms with Crippen LogP contribution in [0.1, 0.15) is 30.1 Å². The van der Waals surface area contributed by atoms with Gasteiger partial charge in [0.25, 0.3) is 0 Å². The van der Waals surface area contributed by atoms with Gasteiger partial charge in [0.1, 0.15) is 6.10 Å². The highest BCUT2D eigenvalue weighted by Crippen LogP contribution is 2.36. The van der Waals surface area contributed by atoms with Crippen molar-refractivity contribution in [1.29, 1.82) is 0 Å². The smallest absolute Gasteiger partial charge is 0.191 e. The molecule has 0 aliphatic heterocycles. The first kappa shape index (κ1) is 11.6. The number of rotatable bonds is 5. The van der Waals surface area contributed by atoms with Crippen molar-refractivity contribution in [2.45, 2.75) is 25.9 Å². The summed E-state index contributed by atoms with van der Waals surface area (Å²) < 4.78 is 5.53. The van der Waals surface area contributed by atoms with Crippen LogP contribution in [0, 0.1) is 5.92 Å². The highest BCUT2D eigenvalue weighted by Gasteiger charge is 2.37. The number of ether oxygens (including phenoxy) is 1. The van der Waals surface area contributed by atoms with Crippen molar-refractivity contribution in [3.8, 4) is 0 Å². The van der Waals surface area contributed by atoms with Crippen LogP contribution in [0.3, 0.4) is 0 Å². The summed E-state index contributed by atoms with van der Waals surface area (Å²) in [5, 5.41) is 0.594. The van der Waals surface area contributed by atoms with Gasteiger partial charge in [-0.25, -0.2) is 0 Å². The number of hydrogen-bond donors (Lipinski definition) is 0. The lowest BCUT2D eigenvalue weighted by atomic mass is 10.0. The van der Waals surface area contributed by atoms with E-state index in [0.29, 0.717) is 23.1 Å². The maximum atomic E-state index is 12.2. The lowest BCUT2D eigenvalue weighted by Crippen LogP contribution is -2.26. The maximum absolute atomic E-state index is 12.2. The van der Waals surface area contributed by atoms with Gasteiger partial charge in [0, 0.05) is 17.2 Å². The Bertz CT molecular complexity index is 385. The van der Waals surface area contributed by atoms with Gasteiger partial charge in [-0.2, -0.15) is 0 Å². The molecule has 0 saturated heterocycles. The topological polar surface area (TPSA) is 26.3 Å². The molecule has 0 N–H and O–H groups in total. The van der Waals surface area contributed by atoms with E-state index in [1.165, 1.54) is 0 Å². The molecule has 16 heavy (non-hydrogen) atoms. The van der Waals surface area contributed by atoms with Crippen LogP contribution in [0.2, 0.25) is 5.02 Å². The number of Topliss-reactive ketones (excluding diaryl/α,β-unsaturated/α-hetero) is 1. The van der Waals surface area contributed by atoms with Crippen LogP contribution in [0.4, 0.5) is 0 Å². The second-order valence-electron chi connectivity index (χ2n) is 4.09. The van der Waals surface area contributed by atoms with Crippen LogP contribution in [-0.2, 0) is 4.74 Å². The Morgan fingerprint density at radius 3 is 2.88 bits per heavy atom. The van der Waals surface area contributed by atoms with Crippen LogP contribution in [0.15, 0.2) is 24.3 Å². The third kappa shape index (κ3) is 2.63. The summed E-state index contributed by atoms with van der Waals surface area (Å²) in [5.74, 6) is 0.471. The van der Waals surface area contributed by atoms with Gasteiger partial charge in [0.05, 0.1) is 0 Å². The Kier molecular flexibility index (Phi) is 3.62. The third-order valence-corrected chi connectivity index (χ3v) is 3.00. The van der Waals surface area contributed by atoms with Crippen molar-refractivity contribution in [3.05, 3.63) is 34.9 Å². The van der Waals surface area contributed by atoms with Crippen molar-refractivity contribution in [3.63, 3.8) is 0 Å². The van der Waals surface area contributed by atoms with Gasteiger partial charge in [-0.1, -0.05) is 23.7 Å². The monoisotopic (exact) mass is 238 g/mol. The number of carbonyl (C=O) groups excluding carboxylic acids is 1. The Morgan fingerprint density at radius 2 is 2.31 bits per heavy atom. The normalized spacial score (nSPS) is 17.1. The van der Waals surface area contributed by atoms with E-state index in [9.17, 15) is 4.79 Å². The summed E-state index contributed by atoms with van der Waals surface area (Å²) >= 11 is 5.87. The fraction of sp³-hybridized carbons (Fsp3) is 0.462. The largest absolute Gasteiger partial charge is 0.370 e. The Balaban J connectivity index is 2.15. The predicted molar refractivity (Wildman–Crippen MR) is 63.9 cm³/mol. The van der Waals surface area contributed by atoms with Crippen molar-refractivity contribution in [2.24, 2.45) is 5.92 Å². The standard InChI is InChI=1S/C13H15ClO2/c1-2-16-13(9-6-7-9)12(15)10-4-3-5-11(14)8-10/h3-5,8-9,13H,2,6-7H2,1H3. The molecule has 1 saturated carbocycles. The second kappa shape index (κ2) is 4.98. The zero-order chi connectivity index (χ0) is 11.5. The van der Waals surface area contributed by atoms with E-state index in [4.69, 9.17) is 16.3 Å². The van der Waals surface area contributed by atoms with Gasteiger partial charge in [-0.3, -0.25) is 4.79 Å². The molecule has 0 aromatic heterocycles.